The Hall–Kier alpha value is -16.9. The summed E-state index contributed by atoms with van der Waals surface area (Å²) in [6.45, 7) is 47.4. The predicted molar refractivity (Wildman–Crippen MR) is 513 cm³/mol. The molecule has 6 aliphatic rings. The van der Waals surface area contributed by atoms with Crippen molar-refractivity contribution in [2.24, 2.45) is 5.92 Å². The Morgan fingerprint density at radius 1 is 0.429 bits per heavy atom. The van der Waals surface area contributed by atoms with Gasteiger partial charge >= 0.3 is 5.82 Å². The summed E-state index contributed by atoms with van der Waals surface area (Å²) < 4.78 is 86.0. The summed E-state index contributed by atoms with van der Waals surface area (Å²) in [5.74, 6) is 1.12. The monoisotopic (exact) mass is 1930 g/mol. The number of aromatic amines is 5. The number of amides is 2. The first-order valence-electron chi connectivity index (χ1n) is 44.4. The molecule has 0 bridgehead atoms. The van der Waals surface area contributed by atoms with E-state index in [0.29, 0.717) is 101 Å². The van der Waals surface area contributed by atoms with Crippen LogP contribution in [0.3, 0.4) is 0 Å². The largest absolute Gasteiger partial charge is 0.364 e. The number of likely N-dealkylation sites (tertiary alicyclic amines) is 2. The van der Waals surface area contributed by atoms with Crippen LogP contribution in [0.1, 0.15) is 85.5 Å². The molecule has 0 spiro atoms. The van der Waals surface area contributed by atoms with Gasteiger partial charge in [-0.2, -0.15) is 59.2 Å². The van der Waals surface area contributed by atoms with Crippen LogP contribution in [0.25, 0.3) is 135 Å². The Morgan fingerprint density at radius 3 is 1.24 bits per heavy atom. The number of nitrogens with one attached hydrogen (secondary N) is 5. The lowest BCUT2D eigenvalue weighted by Gasteiger charge is -2.49. The number of rotatable bonds is 24. The van der Waals surface area contributed by atoms with E-state index < -0.39 is 57.8 Å². The van der Waals surface area contributed by atoms with E-state index in [2.05, 4.69) is 130 Å². The van der Waals surface area contributed by atoms with E-state index in [1.54, 1.807) is 135 Å². The summed E-state index contributed by atoms with van der Waals surface area (Å²) >= 11 is 0. The van der Waals surface area contributed by atoms with Crippen LogP contribution in [0.2, 0.25) is 0 Å². The van der Waals surface area contributed by atoms with Crippen LogP contribution in [0.5, 0.6) is 0 Å². The molecule has 5 saturated heterocycles. The van der Waals surface area contributed by atoms with Crippen molar-refractivity contribution in [1.29, 1.82) is 26.3 Å². The van der Waals surface area contributed by atoms with Crippen molar-refractivity contribution in [2.45, 2.75) is 113 Å². The van der Waals surface area contributed by atoms with E-state index in [0.717, 1.165) is 84.3 Å². The van der Waals surface area contributed by atoms with Gasteiger partial charge < -0.3 is 44.4 Å². The summed E-state index contributed by atoms with van der Waals surface area (Å²) in [7, 11) is -9.99. The van der Waals surface area contributed by atoms with Crippen LogP contribution in [0.4, 0.5) is 28.7 Å². The molecule has 15 aromatic heterocycles. The molecule has 46 heteroatoms. The van der Waals surface area contributed by atoms with Gasteiger partial charge in [-0.25, -0.2) is 54.7 Å². The minimum absolute atomic E-state index is 0.00858. The number of H-pyrrole nitrogens is 5. The van der Waals surface area contributed by atoms with Gasteiger partial charge in [-0.3, -0.25) is 43.2 Å². The van der Waals surface area contributed by atoms with Gasteiger partial charge in [0.05, 0.1) is 143 Å². The molecular formula is C94H87N35O8S3. The molecule has 1 aliphatic carbocycles. The van der Waals surface area contributed by atoms with Gasteiger partial charge in [0.15, 0.2) is 0 Å². The van der Waals surface area contributed by atoms with Gasteiger partial charge in [-0.05, 0) is 86.2 Å². The number of hydrogen-bond donors (Lipinski definition) is 5. The number of nitriles is 5. The van der Waals surface area contributed by atoms with Gasteiger partial charge in [-0.1, -0.05) is 27.0 Å². The van der Waals surface area contributed by atoms with Crippen molar-refractivity contribution in [1.82, 2.24) is 121 Å². The summed E-state index contributed by atoms with van der Waals surface area (Å²) in [6.07, 6.45) is 34.6. The molecule has 6 fully saturated rings. The first kappa shape index (κ1) is 94.8. The number of pyridine rings is 4. The van der Waals surface area contributed by atoms with Gasteiger partial charge in [0.1, 0.15) is 62.3 Å². The van der Waals surface area contributed by atoms with Crippen molar-refractivity contribution < 1.29 is 34.8 Å². The number of carbonyl (C=O) groups excluding carboxylic acids is 2. The molecule has 2 amide bonds. The molecule has 20 heterocycles. The molecule has 0 radical (unpaired) electrons. The number of carbonyl (C=O) groups is 2. The molecule has 0 aromatic carbocycles. The number of hydrogen-bond acceptors (Lipinski definition) is 23. The second kappa shape index (κ2) is 38.0. The highest BCUT2D eigenvalue weighted by atomic mass is 32.2. The van der Waals surface area contributed by atoms with Crippen molar-refractivity contribution in [3.63, 3.8) is 0 Å². The lowest BCUT2D eigenvalue weighted by atomic mass is 9.86. The summed E-state index contributed by atoms with van der Waals surface area (Å²) in [4.78, 5) is 86.6. The van der Waals surface area contributed by atoms with Crippen molar-refractivity contribution in [3.05, 3.63) is 211 Å². The van der Waals surface area contributed by atoms with E-state index in [9.17, 15) is 61.2 Å². The average molecular weight is 1930 g/mol. The summed E-state index contributed by atoms with van der Waals surface area (Å²) in [5, 5.41) is 68.7. The molecule has 21 rings (SSSR count). The van der Waals surface area contributed by atoms with Crippen LogP contribution in [0.15, 0.2) is 154 Å². The molecule has 0 unspecified atom stereocenters. The average Bonchev–Trinajstić information content (AvgIpc) is 1.37. The van der Waals surface area contributed by atoms with Crippen LogP contribution in [-0.4, -0.2) is 241 Å². The predicted octanol–water partition coefficient (Wildman–Crippen LogP) is 12.8. The standard InChI is InChI=1S/C20H17N7O.C19H19N7O2S.C19H17N7O.2C18H17N7O2S/c1-22-16-9-24-18-15(4-7-23-18)17(16)14-8-25-27(10-14)20(5-6-21)11-26(12-20)19(28)13-2-3-13;1-3-8-29(27,28)25-12-19(13-25,5-6-20)26-11-14(9-24-26)17-15-4-7-22-18(15)23-10-16(17)21-2;1-3-16(27)25-11-19(12-25,5-6-20)26-10-13(8-24-26)17-14-4-7-22-18(14)23-9-15(17)21-2;1-3-28(26,27)24-11-18(12-24,6-7-19)25-10-15(16(20-2)23-25)13-4-8-21-17-14(13)5-9-22-17;1-3-28(26,27)24-10-18(11-24,5-6-19)25-9-13(8-15(25)20-2)16-14-4-7-21-17(14)23-12-22-16/h4,7-10,13H,2-3,5,11-12H2,(H,23,24);4,7,9-11H,3,5,8,12-13H2,1H3,(H,22,23);4,7-10H,3,5,11-12H2,1H3,(H,22,23);4-5,8-10H,3,6,11-12H2,1H3,(H,21,22);4,7-9,12H,3,5,10-11H2,1H3,(H,21,22,23). The van der Waals surface area contributed by atoms with E-state index in [1.807, 2.05) is 67.5 Å². The van der Waals surface area contributed by atoms with Gasteiger partial charge in [0, 0.05) is 217 Å². The van der Waals surface area contributed by atoms with Crippen molar-refractivity contribution >= 4 is 126 Å². The third-order valence-corrected chi connectivity index (χ3v) is 31.8. The fourth-order valence-electron chi connectivity index (χ4n) is 18.6. The number of nitrogens with zero attached hydrogens (tertiary/aromatic N) is 30. The lowest BCUT2D eigenvalue weighted by Crippen LogP contribution is -2.64. The van der Waals surface area contributed by atoms with Crippen molar-refractivity contribution in [3.8, 4) is 86.1 Å². The SMILES string of the molecule is [C-]#[N+]c1cc(-c2ncnc3[nH]ccc23)cn1C1(CC#N)CN(S(=O)(=O)CC)C1.[C-]#[N+]c1cnc2[nH]ccc2c1-c1cnn(C2(CC#N)CN(C(=O)C3CC3)C2)c1.[C-]#[N+]c1cnc2[nH]ccc2c1-c1cnn(C2(CC#N)CN(C(=O)CC)C2)c1.[C-]#[N+]c1cnc2[nH]ccc2c1-c1cnn(C2(CC#N)CN(S(=O)(=O)CCC)C2)c1.[C-]#[N+]c1nn(C2(CC#N)CN(S(=O)(=O)CC)C2)cc1-c1ccnc2[nH]ccc12. The van der Waals surface area contributed by atoms with Gasteiger partial charge in [-0.15, -0.1) is 0 Å². The van der Waals surface area contributed by atoms with E-state index in [4.69, 9.17) is 32.9 Å². The zero-order valence-corrected chi connectivity index (χ0v) is 78.4. The van der Waals surface area contributed by atoms with E-state index in [1.165, 1.54) is 25.4 Å². The Bertz CT molecular complexity index is 8220. The lowest BCUT2D eigenvalue weighted by molar-refractivity contribution is -0.144. The van der Waals surface area contributed by atoms with Gasteiger partial charge in [0.2, 0.25) is 64.8 Å². The number of fused-ring (bicyclic) bond motifs is 5. The maximum atomic E-state index is 12.3. The smallest absolute Gasteiger partial charge is 0.303 e. The Balaban J connectivity index is 0.000000121. The third kappa shape index (κ3) is 17.3. The molecule has 15 aromatic rings. The number of aromatic nitrogens is 20. The van der Waals surface area contributed by atoms with Crippen molar-refractivity contribution in [2.75, 3.05) is 82.7 Å². The molecule has 43 nitrogen and oxygen atoms in total. The van der Waals surface area contributed by atoms with Crippen LogP contribution >= 0.6 is 0 Å². The van der Waals surface area contributed by atoms with Crippen LogP contribution < -0.4 is 0 Å². The molecular weight excluding hydrogens is 1840 g/mol. The topological polar surface area (TPSA) is 526 Å². The molecule has 5 aliphatic heterocycles. The molecule has 0 atom stereocenters. The zero-order valence-electron chi connectivity index (χ0n) is 76.0. The molecule has 704 valence electrons. The Labute approximate surface area is 802 Å². The summed E-state index contributed by atoms with van der Waals surface area (Å²) in [6, 6.07) is 23.8. The van der Waals surface area contributed by atoms with Gasteiger partial charge in [0.25, 0.3) is 0 Å². The third-order valence-electron chi connectivity index (χ3n) is 26.3. The second-order valence-corrected chi connectivity index (χ2v) is 41.6. The minimum Gasteiger partial charge on any atom is -0.364 e. The molecule has 5 N–H and O–H groups in total. The number of sulfonamides is 3. The minimum atomic E-state index is -3.34. The van der Waals surface area contributed by atoms with Crippen LogP contribution in [-0.2, 0) is 67.4 Å². The fourth-order valence-corrected chi connectivity index (χ4v) is 22.7. The maximum Gasteiger partial charge on any atom is 0.303 e. The summed E-state index contributed by atoms with van der Waals surface area (Å²) in [5.41, 5.74) is 9.06. The first-order chi connectivity index (χ1) is 67.6. The quantitative estimate of drug-likeness (QED) is 0.0351. The molecule has 1 saturated carbocycles. The van der Waals surface area contributed by atoms with E-state index in [-0.39, 0.29) is 112 Å². The Kier molecular flexibility index (Phi) is 25.7. The first-order valence-corrected chi connectivity index (χ1v) is 49.2. The second-order valence-electron chi connectivity index (χ2n) is 35.0. The highest BCUT2D eigenvalue weighted by molar-refractivity contribution is 7.89. The highest BCUT2D eigenvalue weighted by Gasteiger charge is 2.56. The normalized spacial score (nSPS) is 16.4. The Morgan fingerprint density at radius 2 is 0.829 bits per heavy atom. The molecule has 140 heavy (non-hydrogen) atoms. The van der Waals surface area contributed by atoms with Crippen LogP contribution in [0, 0.1) is 95.4 Å². The van der Waals surface area contributed by atoms with E-state index >= 15 is 0 Å². The highest BCUT2D eigenvalue weighted by Crippen LogP contribution is 2.48. The zero-order chi connectivity index (χ0) is 98.9. The fraction of sp³-hybridized carbons (Fsp3) is 0.340. The maximum absolute atomic E-state index is 12.3.